The molecular formula is C30H37N7O5S. The minimum atomic E-state index is -3.81. The van der Waals surface area contributed by atoms with Gasteiger partial charge in [-0.25, -0.2) is 22.9 Å². The second kappa shape index (κ2) is 10.4. The highest BCUT2D eigenvalue weighted by Gasteiger charge is 2.51. The lowest BCUT2D eigenvalue weighted by molar-refractivity contribution is -0.0366. The maximum atomic E-state index is 12.9. The predicted octanol–water partition coefficient (Wildman–Crippen LogP) is 4.22. The van der Waals surface area contributed by atoms with E-state index in [1.807, 2.05) is 49.4 Å². The number of sulfone groups is 1. The van der Waals surface area contributed by atoms with Crippen LogP contribution in [0.5, 0.6) is 0 Å². The number of ether oxygens (including phenoxy) is 2. The monoisotopic (exact) mass is 607 g/mol. The highest BCUT2D eigenvalue weighted by molar-refractivity contribution is 7.90. The third-order valence-electron chi connectivity index (χ3n) is 8.41. The van der Waals surface area contributed by atoms with E-state index in [4.69, 9.17) is 9.47 Å². The van der Waals surface area contributed by atoms with Gasteiger partial charge in [0.25, 0.3) is 0 Å². The average molecular weight is 608 g/mol. The van der Waals surface area contributed by atoms with E-state index < -0.39 is 15.4 Å². The lowest BCUT2D eigenvalue weighted by atomic mass is 9.79. The molecule has 3 fully saturated rings. The molecule has 1 spiro atoms. The van der Waals surface area contributed by atoms with Crippen molar-refractivity contribution in [3.05, 3.63) is 29.5 Å². The molecule has 3 aliphatic rings. The fourth-order valence-electron chi connectivity index (χ4n) is 6.39. The molecular weight excluding hydrogens is 570 g/mol. The Morgan fingerprint density at radius 2 is 1.95 bits per heavy atom. The SMILES string of the molecule is Cc1ccc2c(cnn2C2CCCCO2)c1-c1nc(S(C)(=O)=O)nc(N2CCC3(CN(C(=O)OC(C)(C)C)C3)C2)c1C#N. The van der Waals surface area contributed by atoms with Crippen LogP contribution in [0, 0.1) is 23.7 Å². The lowest BCUT2D eigenvalue weighted by Gasteiger charge is -2.47. The fraction of sp³-hybridized carbons (Fsp3) is 0.567. The van der Waals surface area contributed by atoms with Crippen molar-refractivity contribution < 1.29 is 22.7 Å². The van der Waals surface area contributed by atoms with E-state index in [2.05, 4.69) is 21.1 Å². The first-order valence-electron chi connectivity index (χ1n) is 14.6. The van der Waals surface area contributed by atoms with E-state index in [0.29, 0.717) is 44.2 Å². The Morgan fingerprint density at radius 1 is 1.19 bits per heavy atom. The van der Waals surface area contributed by atoms with Crippen LogP contribution in [-0.4, -0.2) is 83.8 Å². The summed E-state index contributed by atoms with van der Waals surface area (Å²) in [5.41, 5.74) is 2.03. The number of nitrogens with zero attached hydrogens (tertiary/aromatic N) is 7. The number of anilines is 1. The molecule has 5 heterocycles. The molecule has 1 aromatic carbocycles. The van der Waals surface area contributed by atoms with Crippen molar-refractivity contribution in [2.45, 2.75) is 70.4 Å². The Labute approximate surface area is 251 Å². The summed E-state index contributed by atoms with van der Waals surface area (Å²) in [4.78, 5) is 25.2. The number of hydrogen-bond donors (Lipinski definition) is 0. The molecule has 2 aromatic heterocycles. The van der Waals surface area contributed by atoms with E-state index in [0.717, 1.165) is 48.4 Å². The van der Waals surface area contributed by atoms with E-state index in [-0.39, 0.29) is 34.1 Å². The van der Waals surface area contributed by atoms with E-state index in [1.165, 1.54) is 0 Å². The van der Waals surface area contributed by atoms with Crippen LogP contribution >= 0.6 is 0 Å². The molecule has 6 rings (SSSR count). The second-order valence-corrected chi connectivity index (χ2v) is 15.0. The first-order valence-corrected chi connectivity index (χ1v) is 16.5. The third-order valence-corrected chi connectivity index (χ3v) is 9.25. The van der Waals surface area contributed by atoms with Crippen molar-refractivity contribution in [1.82, 2.24) is 24.6 Å². The van der Waals surface area contributed by atoms with Gasteiger partial charge in [0.2, 0.25) is 15.0 Å². The number of hydrogen-bond acceptors (Lipinski definition) is 10. The number of aryl methyl sites for hydroxylation is 1. The van der Waals surface area contributed by atoms with Crippen LogP contribution in [0.15, 0.2) is 23.5 Å². The molecule has 3 saturated heterocycles. The second-order valence-electron chi connectivity index (χ2n) is 13.0. The van der Waals surface area contributed by atoms with Crippen LogP contribution in [0.25, 0.3) is 22.2 Å². The zero-order chi connectivity index (χ0) is 30.7. The van der Waals surface area contributed by atoms with Crippen LogP contribution < -0.4 is 4.90 Å². The number of rotatable bonds is 4. The number of aromatic nitrogens is 4. The van der Waals surface area contributed by atoms with Gasteiger partial charge in [-0.3, -0.25) is 0 Å². The Hall–Kier alpha value is -3.76. The molecule has 3 aliphatic heterocycles. The third kappa shape index (κ3) is 5.42. The van der Waals surface area contributed by atoms with Crippen LogP contribution in [0.3, 0.4) is 0 Å². The first-order chi connectivity index (χ1) is 20.3. The Bertz CT molecular complexity index is 1740. The molecule has 0 N–H and O–H groups in total. The standard InChI is InChI=1S/C30H37N7O5S/c1-19-9-10-22-21(15-32-37(22)23-8-6-7-13-41-23)24(19)25-20(14-31)26(34-27(33-25)43(5,39)40)35-12-11-30(16-35)17-36(18-30)28(38)42-29(2,3)4/h9-10,15,23H,6-8,11-13,16-18H2,1-5H3. The van der Waals surface area contributed by atoms with Gasteiger partial charge < -0.3 is 19.3 Å². The molecule has 3 aromatic rings. The summed E-state index contributed by atoms with van der Waals surface area (Å²) in [5, 5.41) is 15.6. The number of likely N-dealkylation sites (tertiary alicyclic amines) is 1. The molecule has 43 heavy (non-hydrogen) atoms. The predicted molar refractivity (Wildman–Crippen MR) is 159 cm³/mol. The number of benzene rings is 1. The van der Waals surface area contributed by atoms with Gasteiger partial charge in [-0.1, -0.05) is 6.07 Å². The van der Waals surface area contributed by atoms with Crippen molar-refractivity contribution in [1.29, 1.82) is 5.26 Å². The van der Waals surface area contributed by atoms with Crippen LogP contribution in [0.1, 0.15) is 63.8 Å². The molecule has 0 saturated carbocycles. The highest BCUT2D eigenvalue weighted by Crippen LogP contribution is 2.44. The first kappa shape index (κ1) is 29.3. The molecule has 0 bridgehead atoms. The zero-order valence-electron chi connectivity index (χ0n) is 25.3. The van der Waals surface area contributed by atoms with Gasteiger partial charge in [-0.15, -0.1) is 0 Å². The molecule has 13 heteroatoms. The normalized spacial score (nSPS) is 20.3. The van der Waals surface area contributed by atoms with Gasteiger partial charge in [0.1, 0.15) is 17.2 Å². The Kier molecular flexibility index (Phi) is 7.12. The summed E-state index contributed by atoms with van der Waals surface area (Å²) < 4.78 is 39.1. The number of amides is 1. The molecule has 0 radical (unpaired) electrons. The molecule has 228 valence electrons. The van der Waals surface area contributed by atoms with Crippen molar-refractivity contribution in [2.24, 2.45) is 5.41 Å². The number of fused-ring (bicyclic) bond motifs is 1. The molecule has 0 aliphatic carbocycles. The maximum Gasteiger partial charge on any atom is 0.410 e. The summed E-state index contributed by atoms with van der Waals surface area (Å²) in [7, 11) is -3.81. The summed E-state index contributed by atoms with van der Waals surface area (Å²) >= 11 is 0. The zero-order valence-corrected chi connectivity index (χ0v) is 26.1. The fourth-order valence-corrected chi connectivity index (χ4v) is 6.90. The van der Waals surface area contributed by atoms with Crippen LogP contribution in [-0.2, 0) is 19.3 Å². The summed E-state index contributed by atoms with van der Waals surface area (Å²) in [6.45, 7) is 10.2. The maximum absolute atomic E-state index is 12.9. The van der Waals surface area contributed by atoms with Gasteiger partial charge in [-0.2, -0.15) is 15.3 Å². The van der Waals surface area contributed by atoms with Crippen molar-refractivity contribution in [3.8, 4) is 17.3 Å². The van der Waals surface area contributed by atoms with E-state index in [1.54, 1.807) is 11.1 Å². The van der Waals surface area contributed by atoms with Crippen LogP contribution in [0.4, 0.5) is 10.6 Å². The topological polar surface area (TPSA) is 144 Å². The number of carbonyl (C=O) groups excluding carboxylic acids is 1. The number of nitriles is 1. The molecule has 12 nitrogen and oxygen atoms in total. The van der Waals surface area contributed by atoms with Crippen molar-refractivity contribution in [2.75, 3.05) is 43.9 Å². The smallest absolute Gasteiger partial charge is 0.410 e. The summed E-state index contributed by atoms with van der Waals surface area (Å²) in [5.74, 6) is 0.292. The quantitative estimate of drug-likeness (QED) is 0.395. The largest absolute Gasteiger partial charge is 0.444 e. The van der Waals surface area contributed by atoms with Crippen LogP contribution in [0.2, 0.25) is 0 Å². The Balaban J connectivity index is 1.40. The minimum Gasteiger partial charge on any atom is -0.444 e. The van der Waals surface area contributed by atoms with Gasteiger partial charge in [0, 0.05) is 55.4 Å². The van der Waals surface area contributed by atoms with Gasteiger partial charge in [0.05, 0.1) is 17.4 Å². The van der Waals surface area contributed by atoms with Crippen molar-refractivity contribution in [3.63, 3.8) is 0 Å². The Morgan fingerprint density at radius 3 is 2.60 bits per heavy atom. The summed E-state index contributed by atoms with van der Waals surface area (Å²) in [6.07, 6.45) is 5.96. The van der Waals surface area contributed by atoms with Gasteiger partial charge >= 0.3 is 6.09 Å². The number of carbonyl (C=O) groups is 1. The average Bonchev–Trinajstić information content (AvgIpc) is 3.56. The molecule has 1 amide bonds. The molecule has 1 atom stereocenters. The van der Waals surface area contributed by atoms with Gasteiger partial charge in [0.15, 0.2) is 12.0 Å². The van der Waals surface area contributed by atoms with Gasteiger partial charge in [-0.05, 0) is 65.0 Å². The van der Waals surface area contributed by atoms with Crippen molar-refractivity contribution >= 4 is 32.7 Å². The molecule has 1 unspecified atom stereocenters. The van der Waals surface area contributed by atoms with E-state index >= 15 is 0 Å². The highest BCUT2D eigenvalue weighted by atomic mass is 32.2. The van der Waals surface area contributed by atoms with E-state index in [9.17, 15) is 18.5 Å². The lowest BCUT2D eigenvalue weighted by Crippen LogP contribution is -2.60. The summed E-state index contributed by atoms with van der Waals surface area (Å²) in [6, 6.07) is 6.21. The minimum absolute atomic E-state index is 0.183.